The highest BCUT2D eigenvalue weighted by Crippen LogP contribution is 2.54. The number of para-hydroxylation sites is 2. The third-order valence-corrected chi connectivity index (χ3v) is 13.7. The lowest BCUT2D eigenvalue weighted by Gasteiger charge is -2.28. The van der Waals surface area contributed by atoms with Crippen LogP contribution in [0.5, 0.6) is 0 Å². The molecule has 0 saturated carbocycles. The first-order valence-electron chi connectivity index (χ1n) is 21.2. The van der Waals surface area contributed by atoms with Gasteiger partial charge in [-0.2, -0.15) is 0 Å². The Balaban J connectivity index is 0.00000420. The van der Waals surface area contributed by atoms with Gasteiger partial charge in [0.2, 0.25) is 0 Å². The summed E-state index contributed by atoms with van der Waals surface area (Å²) >= 11 is 0. The second-order valence-corrected chi connectivity index (χ2v) is 17.8. The molecule has 1 aromatic heterocycles. The Morgan fingerprint density at radius 1 is 0.393 bits per heavy atom. The molecule has 12 rings (SSSR count). The van der Waals surface area contributed by atoms with Crippen molar-refractivity contribution in [2.75, 3.05) is 4.90 Å². The minimum absolute atomic E-state index is 0. The summed E-state index contributed by atoms with van der Waals surface area (Å²) in [5.74, 6) is 0. The quantitative estimate of drug-likeness (QED) is 0.169. The molecule has 2 aliphatic carbocycles. The van der Waals surface area contributed by atoms with Crippen LogP contribution in [-0.4, -0.2) is 4.57 Å². The number of rotatable bonds is 5. The fraction of sp³-hybridized carbons (Fsp3) is 0.119. The summed E-state index contributed by atoms with van der Waals surface area (Å²) < 4.78 is 2.49. The summed E-state index contributed by atoms with van der Waals surface area (Å²) in [5, 5.41) is 5.06. The van der Waals surface area contributed by atoms with Crippen LogP contribution < -0.4 is 4.90 Å². The van der Waals surface area contributed by atoms with Crippen LogP contribution in [0.3, 0.4) is 0 Å². The highest BCUT2D eigenvalue weighted by molar-refractivity contribution is 6.13. The Morgan fingerprint density at radius 2 is 0.984 bits per heavy atom. The molecule has 0 spiro atoms. The molecule has 0 amide bonds. The van der Waals surface area contributed by atoms with Crippen molar-refractivity contribution in [3.8, 4) is 39.1 Å². The van der Waals surface area contributed by atoms with Gasteiger partial charge in [0.05, 0.1) is 11.0 Å². The van der Waals surface area contributed by atoms with Gasteiger partial charge in [-0.05, 0) is 127 Å². The zero-order chi connectivity index (χ0) is 40.3. The van der Waals surface area contributed by atoms with Crippen molar-refractivity contribution in [3.63, 3.8) is 0 Å². The topological polar surface area (TPSA) is 8.17 Å². The number of nitrogens with zero attached hydrogens (tertiary/aromatic N) is 2. The van der Waals surface area contributed by atoms with Gasteiger partial charge in [-0.25, -0.2) is 0 Å². The zero-order valence-corrected chi connectivity index (χ0v) is 34.4. The van der Waals surface area contributed by atoms with Gasteiger partial charge < -0.3 is 9.47 Å². The summed E-state index contributed by atoms with van der Waals surface area (Å²) in [6, 6.07) is 72.1. The van der Waals surface area contributed by atoms with E-state index in [4.69, 9.17) is 0 Å². The van der Waals surface area contributed by atoms with Crippen LogP contribution in [-0.2, 0) is 10.8 Å². The summed E-state index contributed by atoms with van der Waals surface area (Å²) in [7, 11) is 0. The van der Waals surface area contributed by atoms with Crippen LogP contribution in [0.4, 0.5) is 17.1 Å². The van der Waals surface area contributed by atoms with E-state index in [0.717, 1.165) is 17.1 Å². The first kappa shape index (κ1) is 36.9. The van der Waals surface area contributed by atoms with E-state index in [2.05, 4.69) is 231 Å². The molecule has 2 heteroatoms. The Morgan fingerprint density at radius 3 is 1.82 bits per heavy atom. The van der Waals surface area contributed by atoms with Crippen LogP contribution >= 0.6 is 0 Å². The summed E-state index contributed by atoms with van der Waals surface area (Å²) in [5.41, 5.74) is 20.2. The van der Waals surface area contributed by atoms with Crippen molar-refractivity contribution in [2.24, 2.45) is 0 Å². The van der Waals surface area contributed by atoms with Crippen molar-refractivity contribution < 1.29 is 0 Å². The van der Waals surface area contributed by atoms with Crippen LogP contribution in [0.25, 0.3) is 71.6 Å². The number of anilines is 3. The van der Waals surface area contributed by atoms with Gasteiger partial charge in [0, 0.05) is 44.4 Å². The van der Waals surface area contributed by atoms with Crippen molar-refractivity contribution in [2.45, 2.75) is 46.0 Å². The van der Waals surface area contributed by atoms with E-state index >= 15 is 0 Å². The first-order valence-corrected chi connectivity index (χ1v) is 21.2. The minimum atomic E-state index is -0.213. The normalized spacial score (nSPS) is 14.0. The molecule has 0 bridgehead atoms. The predicted molar refractivity (Wildman–Crippen MR) is 260 cm³/mol. The van der Waals surface area contributed by atoms with Gasteiger partial charge in [-0.3, -0.25) is 0 Å². The lowest BCUT2D eigenvalue weighted by molar-refractivity contribution is 0.660. The maximum absolute atomic E-state index is 2.49. The van der Waals surface area contributed by atoms with Crippen LogP contribution in [0.15, 0.2) is 194 Å². The van der Waals surface area contributed by atoms with E-state index in [1.54, 1.807) is 0 Å². The smallest absolute Gasteiger partial charge is 0.0588 e. The second-order valence-electron chi connectivity index (χ2n) is 17.8. The van der Waals surface area contributed by atoms with E-state index < -0.39 is 0 Å². The minimum Gasteiger partial charge on any atom is -0.310 e. The van der Waals surface area contributed by atoms with Crippen LogP contribution in [0, 0.1) is 0 Å². The third kappa shape index (κ3) is 5.35. The monoisotopic (exact) mass is 784 g/mol. The number of aromatic nitrogens is 1. The molecule has 0 N–H and O–H groups in total. The Bertz CT molecular complexity index is 3360. The van der Waals surface area contributed by atoms with Crippen LogP contribution in [0.2, 0.25) is 0 Å². The van der Waals surface area contributed by atoms with Crippen molar-refractivity contribution in [3.05, 3.63) is 216 Å². The molecule has 0 atom stereocenters. The number of fused-ring (bicyclic) bond motifs is 11. The highest BCUT2D eigenvalue weighted by Gasteiger charge is 2.39. The summed E-state index contributed by atoms with van der Waals surface area (Å²) in [6.45, 7) is 9.54. The molecular weight excluding hydrogens is 737 g/mol. The van der Waals surface area contributed by atoms with Gasteiger partial charge in [0.15, 0.2) is 0 Å². The summed E-state index contributed by atoms with van der Waals surface area (Å²) in [4.78, 5) is 2.43. The molecule has 0 radical (unpaired) electrons. The average Bonchev–Trinajstić information content (AvgIpc) is 3.83. The molecule has 0 saturated heterocycles. The second kappa shape index (κ2) is 13.4. The lowest BCUT2D eigenvalue weighted by atomic mass is 9.80. The average molecular weight is 785 g/mol. The molecule has 1 heterocycles. The molecule has 0 fully saturated rings. The number of hydrogen-bond acceptors (Lipinski definition) is 1. The highest BCUT2D eigenvalue weighted by atomic mass is 15.1. The van der Waals surface area contributed by atoms with E-state index in [-0.39, 0.29) is 18.3 Å². The molecule has 9 aromatic carbocycles. The largest absolute Gasteiger partial charge is 0.310 e. The zero-order valence-electron chi connectivity index (χ0n) is 34.4. The van der Waals surface area contributed by atoms with Gasteiger partial charge in [-0.15, -0.1) is 0 Å². The lowest BCUT2D eigenvalue weighted by Crippen LogP contribution is -2.16. The van der Waals surface area contributed by atoms with E-state index in [1.165, 1.54) is 93.9 Å². The Hall–Kier alpha value is -7.16. The van der Waals surface area contributed by atoms with Crippen molar-refractivity contribution in [1.29, 1.82) is 0 Å². The molecule has 0 unspecified atom stereocenters. The van der Waals surface area contributed by atoms with Crippen molar-refractivity contribution in [1.82, 2.24) is 4.57 Å². The maximum atomic E-state index is 2.49. The molecule has 10 aromatic rings. The fourth-order valence-electron chi connectivity index (χ4n) is 10.8. The van der Waals surface area contributed by atoms with Gasteiger partial charge in [-0.1, -0.05) is 169 Å². The molecule has 2 nitrogen and oxygen atoms in total. The Labute approximate surface area is 359 Å². The third-order valence-electron chi connectivity index (χ3n) is 13.7. The molecular formula is C59H48N2. The van der Waals surface area contributed by atoms with Gasteiger partial charge >= 0.3 is 0 Å². The molecule has 294 valence electrons. The van der Waals surface area contributed by atoms with E-state index in [1.807, 2.05) is 0 Å². The first-order chi connectivity index (χ1) is 29.3. The van der Waals surface area contributed by atoms with E-state index in [9.17, 15) is 0 Å². The number of benzene rings is 9. The maximum Gasteiger partial charge on any atom is 0.0588 e. The predicted octanol–water partition coefficient (Wildman–Crippen LogP) is 16.3. The molecule has 61 heavy (non-hydrogen) atoms. The standard InChI is InChI=1S/C58H44N2.CH4/c1-57(2)51-20-12-10-18-45(51)46-31-29-44(36-53(46)57)59(43-28-24-37-14-8-9-15-39(37)34-43)42-26-22-38(23-27-42)40-25-30-47-49-32-33-50-48-19-11-13-21-54(48)60(41-16-6-5-7-17-41)56(50)55(49)58(3,4)52(47)35-40;/h5-36H,1-4H3;1H4. The Kier molecular flexibility index (Phi) is 8.12. The molecule has 2 aliphatic rings. The van der Waals surface area contributed by atoms with E-state index in [0.29, 0.717) is 0 Å². The number of hydrogen-bond donors (Lipinski definition) is 0. The SMILES string of the molecule is C.CC1(C)c2ccccc2-c2ccc(N(c3ccc(-c4ccc5c(c4)C(C)(C)c4c-5ccc5c6ccccc6n(-c6ccccc6)c45)cc3)c3ccc4ccccc4c3)cc21. The molecule has 0 aliphatic heterocycles. The van der Waals surface area contributed by atoms with Gasteiger partial charge in [0.25, 0.3) is 0 Å². The van der Waals surface area contributed by atoms with Crippen LogP contribution in [0.1, 0.15) is 57.4 Å². The van der Waals surface area contributed by atoms with Crippen molar-refractivity contribution >= 4 is 49.6 Å². The summed E-state index contributed by atoms with van der Waals surface area (Å²) in [6.07, 6.45) is 0. The van der Waals surface area contributed by atoms with Gasteiger partial charge in [0.1, 0.15) is 0 Å². The fourth-order valence-corrected chi connectivity index (χ4v) is 10.8.